The zero-order chi connectivity index (χ0) is 25.5. The highest BCUT2D eigenvalue weighted by molar-refractivity contribution is 7.91. The molecule has 1 fully saturated rings. The lowest BCUT2D eigenvalue weighted by molar-refractivity contribution is 0.128. The molecule has 4 N–H and O–H groups in total. The van der Waals surface area contributed by atoms with Crippen LogP contribution in [0, 0.1) is 6.92 Å². The lowest BCUT2D eigenvalue weighted by Gasteiger charge is -2.34. The van der Waals surface area contributed by atoms with Crippen LogP contribution in [-0.4, -0.2) is 71.4 Å². The number of rotatable bonds is 11. The summed E-state index contributed by atoms with van der Waals surface area (Å²) in [6.07, 6.45) is 0.174. The Labute approximate surface area is 206 Å². The van der Waals surface area contributed by atoms with Gasteiger partial charge < -0.3 is 16.3 Å². The van der Waals surface area contributed by atoms with Gasteiger partial charge in [0.1, 0.15) is 16.4 Å². The van der Waals surface area contributed by atoms with Crippen LogP contribution >= 0.6 is 0 Å². The Morgan fingerprint density at radius 3 is 2.29 bits per heavy atom. The Morgan fingerprint density at radius 1 is 0.943 bits per heavy atom. The predicted octanol–water partition coefficient (Wildman–Crippen LogP) is 0.802. The molecule has 1 saturated heterocycles. The molecule has 3 rings (SSSR count). The second-order valence-corrected chi connectivity index (χ2v) is 11.6. The summed E-state index contributed by atoms with van der Waals surface area (Å²) >= 11 is 0. The molecule has 0 unspecified atom stereocenters. The molecule has 0 aromatic heterocycles. The topological polar surface area (TPSA) is 158 Å². The summed E-state index contributed by atoms with van der Waals surface area (Å²) in [5, 5.41) is 3.33. The lowest BCUT2D eigenvalue weighted by Crippen LogP contribution is -2.48. The molecular weight excluding hydrogens is 494 g/mol. The van der Waals surface area contributed by atoms with E-state index in [0.29, 0.717) is 18.7 Å². The summed E-state index contributed by atoms with van der Waals surface area (Å²) in [6, 6.07) is 14.1. The lowest BCUT2D eigenvalue weighted by atomic mass is 10.2. The van der Waals surface area contributed by atoms with Crippen molar-refractivity contribution >= 4 is 26.1 Å². The molecule has 11 nitrogen and oxygen atoms in total. The van der Waals surface area contributed by atoms with Crippen LogP contribution in [-0.2, 0) is 35.7 Å². The van der Waals surface area contributed by atoms with Gasteiger partial charge in [-0.25, -0.2) is 8.42 Å². The summed E-state index contributed by atoms with van der Waals surface area (Å²) in [6.45, 7) is 3.79. The zero-order valence-corrected chi connectivity index (χ0v) is 21.2. The van der Waals surface area contributed by atoms with Crippen molar-refractivity contribution < 1.29 is 25.9 Å². The van der Waals surface area contributed by atoms with Gasteiger partial charge >= 0.3 is 0 Å². The molecule has 1 aliphatic rings. The summed E-state index contributed by atoms with van der Waals surface area (Å²) < 4.78 is 59.1. The van der Waals surface area contributed by atoms with Crippen molar-refractivity contribution in [1.82, 2.24) is 9.21 Å². The van der Waals surface area contributed by atoms with E-state index >= 15 is 0 Å². The average Bonchev–Trinajstić information content (AvgIpc) is 2.82. The van der Waals surface area contributed by atoms with Crippen molar-refractivity contribution in [2.24, 2.45) is 16.6 Å². The third-order valence-corrected chi connectivity index (χ3v) is 8.79. The number of piperazine rings is 1. The summed E-state index contributed by atoms with van der Waals surface area (Å²) in [4.78, 5) is 6.29. The molecule has 2 aromatic carbocycles. The van der Waals surface area contributed by atoms with Crippen LogP contribution < -0.4 is 11.5 Å². The van der Waals surface area contributed by atoms with E-state index in [0.717, 1.165) is 12.1 Å². The number of nitrogens with two attached hydrogens (primary N) is 2. The maximum absolute atomic E-state index is 13.4. The van der Waals surface area contributed by atoms with Crippen LogP contribution in [0.4, 0.5) is 0 Å². The van der Waals surface area contributed by atoms with Gasteiger partial charge in [-0.05, 0) is 35.3 Å². The van der Waals surface area contributed by atoms with Crippen LogP contribution in [0.1, 0.15) is 17.5 Å². The standard InChI is InChI=1S/C22H31N5O6S2/c1-18-8-9-20(21(16-18)35(30,31)33-15-5-14-32-25-22(23)24)34(28,29)27-12-10-26(11-13-27)17-19-6-3-2-4-7-19/h2-4,6-9,16H,5,10-15,17H2,1H3,(H4,23,24,25). The van der Waals surface area contributed by atoms with Gasteiger partial charge in [-0.3, -0.25) is 9.08 Å². The quantitative estimate of drug-likeness (QED) is 0.142. The SMILES string of the molecule is Cc1ccc(S(=O)(=O)N2CCN(Cc3ccccc3)CC2)c(S(=O)(=O)OCCCON=C(N)N)c1. The third-order valence-electron chi connectivity index (χ3n) is 5.36. The summed E-state index contributed by atoms with van der Waals surface area (Å²) in [7, 11) is -8.41. The number of aryl methyl sites for hydroxylation is 1. The third kappa shape index (κ3) is 7.39. The molecular formula is C22H31N5O6S2. The molecule has 1 aliphatic heterocycles. The van der Waals surface area contributed by atoms with Gasteiger partial charge in [0.2, 0.25) is 16.0 Å². The Bertz CT molecular complexity index is 1220. The number of hydrogen-bond acceptors (Lipinski definition) is 8. The molecule has 0 aliphatic carbocycles. The predicted molar refractivity (Wildman–Crippen MR) is 131 cm³/mol. The van der Waals surface area contributed by atoms with Crippen molar-refractivity contribution in [3.8, 4) is 0 Å². The van der Waals surface area contributed by atoms with E-state index in [4.69, 9.17) is 20.5 Å². The molecule has 0 atom stereocenters. The molecule has 1 heterocycles. The van der Waals surface area contributed by atoms with E-state index in [2.05, 4.69) is 10.1 Å². The number of hydrogen-bond donors (Lipinski definition) is 2. The van der Waals surface area contributed by atoms with Gasteiger partial charge in [0.15, 0.2) is 0 Å². The minimum atomic E-state index is -4.35. The molecule has 0 amide bonds. The summed E-state index contributed by atoms with van der Waals surface area (Å²) in [5.41, 5.74) is 12.0. The van der Waals surface area contributed by atoms with Gasteiger partial charge in [-0.1, -0.05) is 36.4 Å². The van der Waals surface area contributed by atoms with E-state index in [1.54, 1.807) is 13.0 Å². The van der Waals surface area contributed by atoms with Crippen molar-refractivity contribution in [3.05, 3.63) is 59.7 Å². The highest BCUT2D eigenvalue weighted by Crippen LogP contribution is 2.28. The average molecular weight is 526 g/mol. The number of oxime groups is 1. The first-order valence-electron chi connectivity index (χ1n) is 11.1. The highest BCUT2D eigenvalue weighted by Gasteiger charge is 2.34. The molecule has 35 heavy (non-hydrogen) atoms. The van der Waals surface area contributed by atoms with Crippen LogP contribution in [0.5, 0.6) is 0 Å². The first kappa shape index (κ1) is 26.9. The molecule has 2 aromatic rings. The number of benzene rings is 2. The van der Waals surface area contributed by atoms with E-state index < -0.39 is 20.1 Å². The van der Waals surface area contributed by atoms with Crippen LogP contribution in [0.2, 0.25) is 0 Å². The fourth-order valence-electron chi connectivity index (χ4n) is 3.61. The van der Waals surface area contributed by atoms with Gasteiger partial charge in [-0.15, -0.1) is 0 Å². The van der Waals surface area contributed by atoms with Crippen LogP contribution in [0.15, 0.2) is 63.5 Å². The maximum Gasteiger partial charge on any atom is 0.298 e. The van der Waals surface area contributed by atoms with Crippen molar-refractivity contribution in [1.29, 1.82) is 0 Å². The second-order valence-electron chi connectivity index (χ2n) is 8.10. The maximum atomic E-state index is 13.4. The molecule has 0 radical (unpaired) electrons. The fraction of sp³-hybridized carbons (Fsp3) is 0.409. The Balaban J connectivity index is 1.69. The molecule has 192 valence electrons. The Morgan fingerprint density at radius 2 is 1.63 bits per heavy atom. The van der Waals surface area contributed by atoms with Gasteiger partial charge in [-0.2, -0.15) is 12.7 Å². The number of sulfonamides is 1. The van der Waals surface area contributed by atoms with E-state index in [9.17, 15) is 16.8 Å². The molecule has 13 heteroatoms. The van der Waals surface area contributed by atoms with E-state index in [-0.39, 0.29) is 48.5 Å². The van der Waals surface area contributed by atoms with E-state index in [1.165, 1.54) is 16.4 Å². The van der Waals surface area contributed by atoms with E-state index in [1.807, 2.05) is 30.3 Å². The molecule has 0 bridgehead atoms. The molecule has 0 spiro atoms. The minimum Gasteiger partial charge on any atom is -0.393 e. The minimum absolute atomic E-state index is 0.0274. The highest BCUT2D eigenvalue weighted by atomic mass is 32.2. The first-order chi connectivity index (χ1) is 16.6. The smallest absolute Gasteiger partial charge is 0.298 e. The first-order valence-corrected chi connectivity index (χ1v) is 13.9. The van der Waals surface area contributed by atoms with Crippen molar-refractivity contribution in [2.75, 3.05) is 39.4 Å². The fourth-order valence-corrected chi connectivity index (χ4v) is 6.81. The normalized spacial score (nSPS) is 15.6. The van der Waals surface area contributed by atoms with Crippen LogP contribution in [0.25, 0.3) is 0 Å². The van der Waals surface area contributed by atoms with Crippen molar-refractivity contribution in [3.63, 3.8) is 0 Å². The largest absolute Gasteiger partial charge is 0.393 e. The number of nitrogens with zero attached hydrogens (tertiary/aromatic N) is 3. The second kappa shape index (κ2) is 11.8. The zero-order valence-electron chi connectivity index (χ0n) is 19.5. The monoisotopic (exact) mass is 525 g/mol. The Hall–Kier alpha value is -2.71. The molecule has 0 saturated carbocycles. The Kier molecular flexibility index (Phi) is 9.08. The summed E-state index contributed by atoms with van der Waals surface area (Å²) in [5.74, 6) is -0.256. The van der Waals surface area contributed by atoms with Gasteiger partial charge in [0, 0.05) is 39.1 Å². The van der Waals surface area contributed by atoms with Gasteiger partial charge in [0.25, 0.3) is 10.1 Å². The number of guanidine groups is 1. The van der Waals surface area contributed by atoms with Gasteiger partial charge in [0.05, 0.1) is 6.61 Å². The van der Waals surface area contributed by atoms with Crippen molar-refractivity contribution in [2.45, 2.75) is 29.7 Å². The van der Waals surface area contributed by atoms with Crippen LogP contribution in [0.3, 0.4) is 0 Å².